The molecule has 3 heterocycles. The standard InChI is InChI=1S/C24H34N4O2/c1-3-22(29)28-17-24(28)9-6-19(7-10-24)8-11-26-12-14-27(15-13-26)23-20-5-4-18(2)16-21(20)30-25-23/h4-5,16,19H,3,6-15,17H2,1-2H3. The first kappa shape index (κ1) is 19.9. The van der Waals surface area contributed by atoms with E-state index in [-0.39, 0.29) is 5.54 Å². The Morgan fingerprint density at radius 1 is 1.20 bits per heavy atom. The Morgan fingerprint density at radius 3 is 2.70 bits per heavy atom. The lowest BCUT2D eigenvalue weighted by Gasteiger charge is -2.36. The number of rotatable bonds is 5. The van der Waals surface area contributed by atoms with Gasteiger partial charge in [0.1, 0.15) is 0 Å². The number of amides is 1. The number of carbonyl (C=O) groups is 1. The predicted octanol–water partition coefficient (Wildman–Crippen LogP) is 3.83. The van der Waals surface area contributed by atoms with Crippen molar-refractivity contribution < 1.29 is 9.32 Å². The van der Waals surface area contributed by atoms with E-state index in [0.717, 1.165) is 55.4 Å². The number of carbonyl (C=O) groups excluding carboxylic acids is 1. The highest BCUT2D eigenvalue weighted by Gasteiger charge is 2.54. The van der Waals surface area contributed by atoms with Crippen LogP contribution in [0, 0.1) is 12.8 Å². The van der Waals surface area contributed by atoms with Crippen molar-refractivity contribution in [1.82, 2.24) is 15.0 Å². The van der Waals surface area contributed by atoms with Gasteiger partial charge in [-0.2, -0.15) is 0 Å². The highest BCUT2D eigenvalue weighted by Crippen LogP contribution is 2.47. The summed E-state index contributed by atoms with van der Waals surface area (Å²) in [6.45, 7) is 10.5. The van der Waals surface area contributed by atoms with Crippen LogP contribution >= 0.6 is 0 Å². The lowest BCUT2D eigenvalue weighted by atomic mass is 9.80. The summed E-state index contributed by atoms with van der Waals surface area (Å²) < 4.78 is 5.56. The van der Waals surface area contributed by atoms with Crippen LogP contribution in [0.5, 0.6) is 0 Å². The molecule has 1 aromatic heterocycles. The second kappa shape index (κ2) is 7.88. The van der Waals surface area contributed by atoms with Crippen LogP contribution in [-0.2, 0) is 4.79 Å². The molecule has 6 heteroatoms. The number of nitrogens with zero attached hydrogens (tertiary/aromatic N) is 4. The van der Waals surface area contributed by atoms with E-state index in [4.69, 9.17) is 4.52 Å². The van der Waals surface area contributed by atoms with Crippen LogP contribution in [0.1, 0.15) is 51.0 Å². The number of hydrogen-bond donors (Lipinski definition) is 0. The van der Waals surface area contributed by atoms with Gasteiger partial charge in [0.15, 0.2) is 11.4 Å². The predicted molar refractivity (Wildman–Crippen MR) is 119 cm³/mol. The smallest absolute Gasteiger partial charge is 0.222 e. The molecule has 1 spiro atoms. The molecule has 2 aromatic rings. The monoisotopic (exact) mass is 410 g/mol. The molecule has 162 valence electrons. The summed E-state index contributed by atoms with van der Waals surface area (Å²) in [6, 6.07) is 6.33. The molecule has 30 heavy (non-hydrogen) atoms. The van der Waals surface area contributed by atoms with Gasteiger partial charge < -0.3 is 14.3 Å². The highest BCUT2D eigenvalue weighted by molar-refractivity contribution is 5.89. The van der Waals surface area contributed by atoms with Gasteiger partial charge in [0, 0.05) is 39.1 Å². The Kier molecular flexibility index (Phi) is 5.21. The lowest BCUT2D eigenvalue weighted by Crippen LogP contribution is -2.47. The SMILES string of the molecule is CCC(=O)N1CC12CCC(CCN1CCN(c3noc4cc(C)ccc34)CC1)CC2. The molecule has 3 fully saturated rings. The van der Waals surface area contributed by atoms with Crippen molar-refractivity contribution in [2.45, 2.75) is 57.9 Å². The molecule has 6 nitrogen and oxygen atoms in total. The van der Waals surface area contributed by atoms with Crippen molar-refractivity contribution in [2.75, 3.05) is 44.2 Å². The largest absolute Gasteiger partial charge is 0.354 e. The van der Waals surface area contributed by atoms with E-state index in [1.165, 1.54) is 44.2 Å². The minimum absolute atomic E-state index is 0.258. The fourth-order valence-corrected chi connectivity index (χ4v) is 5.54. The molecule has 0 radical (unpaired) electrons. The van der Waals surface area contributed by atoms with E-state index in [1.807, 2.05) is 6.92 Å². The maximum absolute atomic E-state index is 12.0. The molecule has 1 aliphatic carbocycles. The molecule has 1 aromatic carbocycles. The lowest BCUT2D eigenvalue weighted by molar-refractivity contribution is -0.127. The average molecular weight is 411 g/mol. The summed E-state index contributed by atoms with van der Waals surface area (Å²) in [5.41, 5.74) is 2.35. The molecule has 1 amide bonds. The summed E-state index contributed by atoms with van der Waals surface area (Å²) in [6.07, 6.45) is 6.96. The van der Waals surface area contributed by atoms with E-state index >= 15 is 0 Å². The van der Waals surface area contributed by atoms with E-state index < -0.39 is 0 Å². The van der Waals surface area contributed by atoms with Crippen LogP contribution in [0.2, 0.25) is 0 Å². The molecule has 0 unspecified atom stereocenters. The first-order valence-electron chi connectivity index (χ1n) is 11.7. The third-order valence-corrected chi connectivity index (χ3v) is 7.69. The zero-order chi connectivity index (χ0) is 20.7. The number of piperazine rings is 1. The van der Waals surface area contributed by atoms with Gasteiger partial charge in [-0.15, -0.1) is 0 Å². The maximum atomic E-state index is 12.0. The Hall–Kier alpha value is -2.08. The van der Waals surface area contributed by atoms with E-state index in [0.29, 0.717) is 12.3 Å². The normalized spacial score (nSPS) is 27.2. The second-order valence-electron chi connectivity index (χ2n) is 9.62. The number of hydrogen-bond acceptors (Lipinski definition) is 5. The Balaban J connectivity index is 1.07. The minimum atomic E-state index is 0.258. The molecule has 3 aliphatic rings. The fraction of sp³-hybridized carbons (Fsp3) is 0.667. The molecular weight excluding hydrogens is 376 g/mol. The van der Waals surface area contributed by atoms with Crippen LogP contribution in [0.3, 0.4) is 0 Å². The van der Waals surface area contributed by atoms with Crippen LogP contribution in [-0.4, -0.2) is 65.7 Å². The zero-order valence-corrected chi connectivity index (χ0v) is 18.4. The quantitative estimate of drug-likeness (QED) is 0.701. The van der Waals surface area contributed by atoms with Gasteiger partial charge in [-0.3, -0.25) is 9.69 Å². The molecular formula is C24H34N4O2. The summed E-state index contributed by atoms with van der Waals surface area (Å²) in [7, 11) is 0. The van der Waals surface area contributed by atoms with Crippen molar-refractivity contribution >= 4 is 22.7 Å². The molecule has 1 saturated carbocycles. The second-order valence-corrected chi connectivity index (χ2v) is 9.62. The molecule has 2 aliphatic heterocycles. The Bertz CT molecular complexity index is 907. The first-order chi connectivity index (χ1) is 14.6. The zero-order valence-electron chi connectivity index (χ0n) is 18.4. The van der Waals surface area contributed by atoms with Crippen molar-refractivity contribution in [1.29, 1.82) is 0 Å². The van der Waals surface area contributed by atoms with Crippen molar-refractivity contribution in [3.05, 3.63) is 23.8 Å². The average Bonchev–Trinajstić information content (AvgIpc) is 3.31. The summed E-state index contributed by atoms with van der Waals surface area (Å²) in [5, 5.41) is 5.48. The van der Waals surface area contributed by atoms with Gasteiger partial charge >= 0.3 is 0 Å². The van der Waals surface area contributed by atoms with Crippen molar-refractivity contribution in [2.24, 2.45) is 5.92 Å². The Morgan fingerprint density at radius 2 is 1.97 bits per heavy atom. The van der Waals surface area contributed by atoms with Gasteiger partial charge in [0.25, 0.3) is 0 Å². The van der Waals surface area contributed by atoms with Gasteiger partial charge in [0.05, 0.1) is 10.9 Å². The minimum Gasteiger partial charge on any atom is -0.354 e. The van der Waals surface area contributed by atoms with Crippen LogP contribution in [0.15, 0.2) is 22.7 Å². The van der Waals surface area contributed by atoms with Gasteiger partial charge in [-0.1, -0.05) is 18.1 Å². The number of anilines is 1. The molecule has 2 saturated heterocycles. The molecule has 5 rings (SSSR count). The summed E-state index contributed by atoms with van der Waals surface area (Å²) in [4.78, 5) is 19.1. The molecule has 0 atom stereocenters. The van der Waals surface area contributed by atoms with Crippen LogP contribution in [0.4, 0.5) is 5.82 Å². The molecule has 0 bridgehead atoms. The molecule has 0 N–H and O–H groups in total. The van der Waals surface area contributed by atoms with Gasteiger partial charge in [-0.05, 0) is 69.2 Å². The number of aryl methyl sites for hydroxylation is 1. The van der Waals surface area contributed by atoms with Gasteiger partial charge in [0.2, 0.25) is 5.91 Å². The number of aromatic nitrogens is 1. The topological polar surface area (TPSA) is 52.6 Å². The fourth-order valence-electron chi connectivity index (χ4n) is 5.54. The van der Waals surface area contributed by atoms with Crippen molar-refractivity contribution in [3.8, 4) is 0 Å². The highest BCUT2D eigenvalue weighted by atomic mass is 16.5. The van der Waals surface area contributed by atoms with Gasteiger partial charge in [-0.25, -0.2) is 0 Å². The third-order valence-electron chi connectivity index (χ3n) is 7.69. The van der Waals surface area contributed by atoms with E-state index in [9.17, 15) is 4.79 Å². The van der Waals surface area contributed by atoms with Crippen LogP contribution < -0.4 is 4.90 Å². The number of benzene rings is 1. The van der Waals surface area contributed by atoms with E-state index in [1.54, 1.807) is 0 Å². The third kappa shape index (κ3) is 3.70. The van der Waals surface area contributed by atoms with Crippen molar-refractivity contribution in [3.63, 3.8) is 0 Å². The number of fused-ring (bicyclic) bond motifs is 1. The van der Waals surface area contributed by atoms with Crippen LogP contribution in [0.25, 0.3) is 11.0 Å². The Labute approximate surface area is 179 Å². The maximum Gasteiger partial charge on any atom is 0.222 e. The summed E-state index contributed by atoms with van der Waals surface area (Å²) >= 11 is 0. The van der Waals surface area contributed by atoms with E-state index in [2.05, 4.69) is 45.0 Å². The first-order valence-corrected chi connectivity index (χ1v) is 11.7. The summed E-state index contributed by atoms with van der Waals surface area (Å²) in [5.74, 6) is 2.18.